The van der Waals surface area contributed by atoms with Crippen molar-refractivity contribution in [3.8, 4) is 0 Å². The molecule has 8 saturated heterocycles. The van der Waals surface area contributed by atoms with E-state index in [0.29, 0.717) is 117 Å². The second kappa shape index (κ2) is 50.2. The molecule has 8 fully saturated rings. The molecule has 36 heteroatoms. The number of methoxy groups -OCH3 is 9. The van der Waals surface area contributed by atoms with Gasteiger partial charge in [0.15, 0.2) is 0 Å². The fourth-order valence-electron chi connectivity index (χ4n) is 12.5. The van der Waals surface area contributed by atoms with Gasteiger partial charge in [0.25, 0.3) is 0 Å². The zero-order valence-corrected chi connectivity index (χ0v) is 67.9. The van der Waals surface area contributed by atoms with Crippen molar-refractivity contribution >= 4 is 95.0 Å². The number of carbonyl (C=O) groups excluding carboxylic acids is 16. The highest BCUT2D eigenvalue weighted by molar-refractivity contribution is 5.91. The van der Waals surface area contributed by atoms with Crippen LogP contribution in [0, 0.1) is 47.3 Å². The number of nitrogens with zero attached hydrogens (tertiary/aromatic N) is 10. The first kappa shape index (κ1) is 98.4. The monoisotopic (exact) mass is 1560 g/mol. The zero-order valence-electron chi connectivity index (χ0n) is 67.9. The van der Waals surface area contributed by atoms with Gasteiger partial charge in [-0.1, -0.05) is 0 Å². The third-order valence-electron chi connectivity index (χ3n) is 18.8. The van der Waals surface area contributed by atoms with Crippen LogP contribution in [-0.2, 0) is 119 Å². The lowest BCUT2D eigenvalue weighted by Gasteiger charge is -2.31. The summed E-state index contributed by atoms with van der Waals surface area (Å²) in [7, 11) is 22.0. The molecule has 0 saturated carbocycles. The maximum absolute atomic E-state index is 11.6. The van der Waals surface area contributed by atoms with E-state index in [1.165, 1.54) is 61.8 Å². The molecule has 8 aliphatic heterocycles. The highest BCUT2D eigenvalue weighted by Gasteiger charge is 2.42. The summed E-state index contributed by atoms with van der Waals surface area (Å²) in [5.74, 6) is -4.38. The first-order valence-corrected chi connectivity index (χ1v) is 36.5. The van der Waals surface area contributed by atoms with E-state index in [0.717, 1.165) is 32.5 Å². The van der Waals surface area contributed by atoms with Gasteiger partial charge in [0, 0.05) is 175 Å². The summed E-state index contributed by atoms with van der Waals surface area (Å²) >= 11 is 0. The van der Waals surface area contributed by atoms with E-state index in [1.807, 2.05) is 74.6 Å². The Bertz CT molecular complexity index is 3020. The lowest BCUT2D eigenvalue weighted by Crippen LogP contribution is -2.42. The van der Waals surface area contributed by atoms with E-state index in [9.17, 15) is 76.7 Å². The average molecular weight is 1560 g/mol. The molecule has 0 aliphatic carbocycles. The van der Waals surface area contributed by atoms with Gasteiger partial charge in [0.2, 0.25) is 47.3 Å². The third kappa shape index (κ3) is 34.0. The Hall–Kier alpha value is -8.64. The first-order chi connectivity index (χ1) is 51.2. The maximum Gasteiger partial charge on any atom is 0.310 e. The molecule has 1 N–H and O–H groups in total. The number of ether oxygens (including phenoxy) is 9. The number of esters is 8. The first-order valence-electron chi connectivity index (χ1n) is 36.5. The van der Waals surface area contributed by atoms with Crippen LogP contribution >= 0.6 is 0 Å². The second-order valence-corrected chi connectivity index (χ2v) is 28.8. The van der Waals surface area contributed by atoms with Crippen LogP contribution in [0.2, 0.25) is 0 Å². The number of amides is 8. The second-order valence-electron chi connectivity index (χ2n) is 28.8. The minimum absolute atomic E-state index is 0.0143. The van der Waals surface area contributed by atoms with Crippen molar-refractivity contribution in [2.45, 2.75) is 117 Å². The summed E-state index contributed by atoms with van der Waals surface area (Å²) in [5.41, 5.74) is -0.208. The molecular weight excluding hydrogens is 1430 g/mol. The topological polar surface area (TPSA) is 409 Å². The molecule has 8 aliphatic rings. The van der Waals surface area contributed by atoms with Crippen molar-refractivity contribution in [3.63, 3.8) is 0 Å². The van der Waals surface area contributed by atoms with Gasteiger partial charge in [-0.25, -0.2) is 0 Å². The third-order valence-corrected chi connectivity index (χ3v) is 18.8. The Labute approximate surface area is 641 Å². The summed E-state index contributed by atoms with van der Waals surface area (Å²) < 4.78 is 41.6. The number of rotatable bonds is 23. The Balaban J connectivity index is 0.000000624. The van der Waals surface area contributed by atoms with Crippen LogP contribution in [0.3, 0.4) is 0 Å². The molecular formula is C73H124N10O26. The van der Waals surface area contributed by atoms with Crippen molar-refractivity contribution in [1.82, 2.24) is 49.0 Å². The van der Waals surface area contributed by atoms with Crippen molar-refractivity contribution < 1.29 is 124 Å². The van der Waals surface area contributed by atoms with Crippen LogP contribution in [0.15, 0.2) is 0 Å². The van der Waals surface area contributed by atoms with Crippen LogP contribution in [-0.4, -0.2) is 371 Å². The van der Waals surface area contributed by atoms with E-state index in [1.54, 1.807) is 48.5 Å². The van der Waals surface area contributed by atoms with E-state index < -0.39 is 0 Å². The fourth-order valence-corrected chi connectivity index (χ4v) is 12.5. The minimum atomic E-state index is -0.357. The van der Waals surface area contributed by atoms with Gasteiger partial charge in [0.1, 0.15) is 0 Å². The van der Waals surface area contributed by atoms with E-state index >= 15 is 0 Å². The number of carbonyl (C=O) groups is 16. The molecule has 8 heterocycles. The van der Waals surface area contributed by atoms with Crippen LogP contribution in [0.5, 0.6) is 0 Å². The molecule has 8 atom stereocenters. The zero-order chi connectivity index (χ0) is 83.2. The fraction of sp³-hybridized carbons (Fsp3) is 0.781. The molecule has 109 heavy (non-hydrogen) atoms. The normalized spacial score (nSPS) is 22.0. The van der Waals surface area contributed by atoms with Crippen molar-refractivity contribution in [3.05, 3.63) is 0 Å². The standard InChI is InChI=1S/C11H20N2O3.C10H18N2O3.C10H17NO4.C10H17NO3.C9H15NO3.C8H13NO4.C8H13NO3.C7H11NO3/c1-12(2)5-4-6-13-8-9(7-10(13)14)11(15)16-3;1-11(2)4-5-12-7-8(6-9(12)13)10(14)15-3;1-14-5-3-4-11-7-8(6-9(11)12)10(13)15-2;1-10(2,3)11-6-7(5-8(11)12)9(13)14-4;1-6(2)10-5-7(4-8(10)11)9(12)13-3;1-13-8(12)6-4-7(11)9(5-6)2-3-10;1-3-9-5-6(4-7(9)10)8(11)12-2;1-8-4-5(3-6(8)9)7(10)11-2/h9H,4-8H2,1-3H3;8H,4-7H2,1-3H3;8H,3-7H2,1-2H3;7H,5-6H2,1-4H3;6-7H,4-5H2,1-3H3;6,10H,2-5H2,1H3;6H,3-5H2,1-2H3;5H,3-4H2,1-2H3. The summed E-state index contributed by atoms with van der Waals surface area (Å²) in [4.78, 5) is 197. The minimum Gasteiger partial charge on any atom is -0.469 e. The average Bonchev–Trinajstić information content (AvgIpc) is 1.68. The number of aliphatic hydroxyl groups is 1. The summed E-state index contributed by atoms with van der Waals surface area (Å²) in [6, 6.07) is 0.169. The van der Waals surface area contributed by atoms with E-state index in [2.05, 4.69) is 42.8 Å². The Kier molecular flexibility index (Phi) is 45.3. The van der Waals surface area contributed by atoms with Gasteiger partial charge in [-0.05, 0) is 89.1 Å². The highest BCUT2D eigenvalue weighted by atomic mass is 16.6. The molecule has 0 aromatic carbocycles. The van der Waals surface area contributed by atoms with Crippen LogP contribution in [0.4, 0.5) is 0 Å². The Morgan fingerprint density at radius 1 is 0.385 bits per heavy atom. The van der Waals surface area contributed by atoms with E-state index in [4.69, 9.17) is 9.84 Å². The van der Waals surface area contributed by atoms with Crippen LogP contribution in [0.25, 0.3) is 0 Å². The quantitative estimate of drug-likeness (QED) is 0.0762. The lowest BCUT2D eigenvalue weighted by atomic mass is 10.1. The Morgan fingerprint density at radius 2 is 0.670 bits per heavy atom. The number of likely N-dealkylation sites (tertiary alicyclic amines) is 8. The number of likely N-dealkylation sites (N-methyl/N-ethyl adjacent to an activating group) is 1. The highest BCUT2D eigenvalue weighted by Crippen LogP contribution is 2.28. The summed E-state index contributed by atoms with van der Waals surface area (Å²) in [5, 5.41) is 8.62. The van der Waals surface area contributed by atoms with E-state index in [-0.39, 0.29) is 180 Å². The molecule has 8 rings (SSSR count). The van der Waals surface area contributed by atoms with Gasteiger partial charge in [-0.15, -0.1) is 0 Å². The molecule has 8 amide bonds. The molecule has 0 aromatic heterocycles. The van der Waals surface area contributed by atoms with Gasteiger partial charge >= 0.3 is 47.8 Å². The SMILES string of the molecule is CCN1CC(C(=O)OC)CC1=O.COC(=O)C1CC(=O)N(C(C)(C)C)C1.COC(=O)C1CC(=O)N(C(C)C)C1.COC(=O)C1CC(=O)N(C)C1.COC(=O)C1CC(=O)N(CCCN(C)C)C1.COC(=O)C1CC(=O)N(CCN(C)C)C1.COC(=O)C1CC(=O)N(CCO)C1.COCCCN1CC(C(=O)OC)CC1=O. The summed E-state index contributed by atoms with van der Waals surface area (Å²) in [6.45, 7) is 20.9. The van der Waals surface area contributed by atoms with Gasteiger partial charge in [-0.2, -0.15) is 0 Å². The van der Waals surface area contributed by atoms with Crippen molar-refractivity contribution in [2.24, 2.45) is 47.3 Å². The molecule has 0 radical (unpaired) electrons. The van der Waals surface area contributed by atoms with Crippen molar-refractivity contribution in [2.75, 3.05) is 211 Å². The molecule has 622 valence electrons. The largest absolute Gasteiger partial charge is 0.469 e. The lowest BCUT2D eigenvalue weighted by molar-refractivity contribution is -0.146. The van der Waals surface area contributed by atoms with Crippen LogP contribution in [0.1, 0.15) is 106 Å². The molecule has 0 spiro atoms. The smallest absolute Gasteiger partial charge is 0.310 e. The predicted molar refractivity (Wildman–Crippen MR) is 391 cm³/mol. The van der Waals surface area contributed by atoms with Gasteiger partial charge < -0.3 is 96.7 Å². The van der Waals surface area contributed by atoms with Gasteiger partial charge in [-0.3, -0.25) is 76.7 Å². The number of hydrogen-bond donors (Lipinski definition) is 1. The number of β-amino-alcohol motifs (C(OH)–C–C–N with tert-alkyl or cyclic N) is 1. The van der Waals surface area contributed by atoms with Crippen LogP contribution < -0.4 is 0 Å². The summed E-state index contributed by atoms with van der Waals surface area (Å²) in [6.07, 6.45) is 3.99. The Morgan fingerprint density at radius 3 is 0.945 bits per heavy atom. The number of hydrogen-bond acceptors (Lipinski definition) is 28. The maximum atomic E-state index is 11.6. The molecule has 8 unspecified atom stereocenters. The molecule has 0 bridgehead atoms. The predicted octanol–water partition coefficient (Wildman–Crippen LogP) is -0.538. The molecule has 36 nitrogen and oxygen atoms in total. The number of aliphatic hydroxyl groups excluding tert-OH is 1. The van der Waals surface area contributed by atoms with Crippen molar-refractivity contribution in [1.29, 1.82) is 0 Å². The van der Waals surface area contributed by atoms with Gasteiger partial charge in [0.05, 0.1) is 111 Å². The molecule has 0 aromatic rings.